The molecule has 79 valence electrons. The monoisotopic (exact) mass is 207 g/mol. The molecule has 0 amide bonds. The van der Waals surface area contributed by atoms with E-state index < -0.39 is 0 Å². The third-order valence-electron chi connectivity index (χ3n) is 2.98. The average Bonchev–Trinajstić information content (AvgIpc) is 2.25. The first-order valence-corrected chi connectivity index (χ1v) is 5.69. The van der Waals surface area contributed by atoms with E-state index in [9.17, 15) is 0 Å². The Hall–Kier alpha value is -1.50. The van der Waals surface area contributed by atoms with Gasteiger partial charge in [-0.3, -0.25) is 0 Å². The fourth-order valence-corrected chi connectivity index (χ4v) is 2.22. The standard InChI is InChI=1S/C15H16B/c1-11-9-12(2)15(13(3)10-11)16-14-7-5-4-6-8-14/h4-7,9-10,16H,1-3H3. The molecule has 0 heterocycles. The van der Waals surface area contributed by atoms with E-state index in [1.54, 1.807) is 0 Å². The summed E-state index contributed by atoms with van der Waals surface area (Å²) >= 11 is 0. The zero-order valence-electron chi connectivity index (χ0n) is 10.2. The SMILES string of the molecule is Cc1cc(C)c(Bc2[c]cccc2)c(C)c1. The van der Waals surface area contributed by atoms with Crippen LogP contribution < -0.4 is 10.9 Å². The molecule has 0 bridgehead atoms. The Bertz CT molecular complexity index is 463. The van der Waals surface area contributed by atoms with Crippen LogP contribution in [0.15, 0.2) is 36.4 Å². The third-order valence-corrected chi connectivity index (χ3v) is 2.98. The lowest BCUT2D eigenvalue weighted by Gasteiger charge is -2.10. The minimum atomic E-state index is 0.985. The van der Waals surface area contributed by atoms with Crippen molar-refractivity contribution >= 4 is 18.2 Å². The molecule has 0 spiro atoms. The lowest BCUT2D eigenvalue weighted by molar-refractivity contribution is 1.35. The predicted molar refractivity (Wildman–Crippen MR) is 72.3 cm³/mol. The zero-order valence-corrected chi connectivity index (χ0v) is 10.2. The summed E-state index contributed by atoms with van der Waals surface area (Å²) in [4.78, 5) is 0. The van der Waals surface area contributed by atoms with Crippen molar-refractivity contribution in [2.75, 3.05) is 0 Å². The Kier molecular flexibility index (Phi) is 3.14. The summed E-state index contributed by atoms with van der Waals surface area (Å²) in [6, 6.07) is 16.0. The second-order valence-corrected chi connectivity index (χ2v) is 4.44. The molecule has 0 aromatic heterocycles. The highest BCUT2D eigenvalue weighted by Gasteiger charge is 2.06. The van der Waals surface area contributed by atoms with E-state index in [1.807, 2.05) is 12.1 Å². The topological polar surface area (TPSA) is 0 Å². The van der Waals surface area contributed by atoms with Gasteiger partial charge >= 0.3 is 0 Å². The molecule has 1 heteroatoms. The van der Waals surface area contributed by atoms with Gasteiger partial charge < -0.3 is 0 Å². The first kappa shape index (κ1) is 11.0. The Morgan fingerprint density at radius 3 is 2.25 bits per heavy atom. The predicted octanol–water partition coefficient (Wildman–Crippen LogP) is 1.80. The molecule has 0 N–H and O–H groups in total. The van der Waals surface area contributed by atoms with Gasteiger partial charge in [0.25, 0.3) is 0 Å². The van der Waals surface area contributed by atoms with Crippen LogP contribution in [0.2, 0.25) is 0 Å². The maximum absolute atomic E-state index is 3.29. The van der Waals surface area contributed by atoms with Crippen molar-refractivity contribution in [3.63, 3.8) is 0 Å². The van der Waals surface area contributed by atoms with E-state index in [-0.39, 0.29) is 0 Å². The highest BCUT2D eigenvalue weighted by atomic mass is 14.0. The molecule has 2 rings (SSSR count). The molecule has 0 aliphatic heterocycles. The smallest absolute Gasteiger partial charge is 0.0728 e. The lowest BCUT2D eigenvalue weighted by atomic mass is 9.61. The normalized spacial score (nSPS) is 10.2. The first-order chi connectivity index (χ1) is 7.66. The van der Waals surface area contributed by atoms with Crippen LogP contribution in [-0.2, 0) is 0 Å². The molecule has 1 radical (unpaired) electrons. The Labute approximate surface area is 98.6 Å². The van der Waals surface area contributed by atoms with Crippen molar-refractivity contribution in [2.24, 2.45) is 0 Å². The molecule has 2 aromatic carbocycles. The van der Waals surface area contributed by atoms with Crippen LogP contribution in [0.5, 0.6) is 0 Å². The van der Waals surface area contributed by atoms with Crippen molar-refractivity contribution in [1.82, 2.24) is 0 Å². The van der Waals surface area contributed by atoms with Crippen molar-refractivity contribution in [3.8, 4) is 0 Å². The Morgan fingerprint density at radius 2 is 1.69 bits per heavy atom. The van der Waals surface area contributed by atoms with Crippen LogP contribution in [0, 0.1) is 26.8 Å². The van der Waals surface area contributed by atoms with Crippen molar-refractivity contribution < 1.29 is 0 Å². The second kappa shape index (κ2) is 4.57. The minimum Gasteiger partial charge on any atom is -0.0728 e. The third kappa shape index (κ3) is 2.36. The maximum Gasteiger partial charge on any atom is 0.193 e. The Morgan fingerprint density at radius 1 is 1.00 bits per heavy atom. The van der Waals surface area contributed by atoms with Gasteiger partial charge in [-0.15, -0.1) is 0 Å². The molecular formula is C15H16B. The summed E-state index contributed by atoms with van der Waals surface area (Å²) < 4.78 is 0. The van der Waals surface area contributed by atoms with Crippen LogP contribution >= 0.6 is 0 Å². The first-order valence-electron chi connectivity index (χ1n) is 5.69. The molecule has 16 heavy (non-hydrogen) atoms. The van der Waals surface area contributed by atoms with E-state index in [0.29, 0.717) is 0 Å². The number of rotatable bonds is 2. The van der Waals surface area contributed by atoms with E-state index in [2.05, 4.69) is 51.1 Å². The molecule has 0 atom stereocenters. The van der Waals surface area contributed by atoms with E-state index in [0.717, 1.165) is 7.28 Å². The zero-order chi connectivity index (χ0) is 11.5. The summed E-state index contributed by atoms with van der Waals surface area (Å²) in [7, 11) is 0.985. The molecule has 0 nitrogen and oxygen atoms in total. The largest absolute Gasteiger partial charge is 0.193 e. The van der Waals surface area contributed by atoms with Gasteiger partial charge in [-0.1, -0.05) is 64.0 Å². The van der Waals surface area contributed by atoms with Crippen molar-refractivity contribution in [3.05, 3.63) is 59.2 Å². The highest BCUT2D eigenvalue weighted by molar-refractivity contribution is 6.68. The molecule has 0 fully saturated rings. The summed E-state index contributed by atoms with van der Waals surface area (Å²) in [5, 5.41) is 0. The summed E-state index contributed by atoms with van der Waals surface area (Å²) in [6.07, 6.45) is 0. The minimum absolute atomic E-state index is 0.985. The van der Waals surface area contributed by atoms with E-state index in [4.69, 9.17) is 0 Å². The quantitative estimate of drug-likeness (QED) is 0.658. The number of hydrogen-bond donors (Lipinski definition) is 0. The van der Waals surface area contributed by atoms with Gasteiger partial charge in [0.05, 0.1) is 0 Å². The lowest BCUT2D eigenvalue weighted by Crippen LogP contribution is -2.31. The van der Waals surface area contributed by atoms with Crippen LogP contribution in [0.4, 0.5) is 0 Å². The summed E-state index contributed by atoms with van der Waals surface area (Å²) in [6.45, 7) is 6.54. The fourth-order valence-electron chi connectivity index (χ4n) is 2.22. The van der Waals surface area contributed by atoms with Gasteiger partial charge in [0.2, 0.25) is 0 Å². The number of aryl methyl sites for hydroxylation is 3. The fraction of sp³-hybridized carbons (Fsp3) is 0.200. The number of hydrogen-bond acceptors (Lipinski definition) is 0. The highest BCUT2D eigenvalue weighted by Crippen LogP contribution is 2.04. The molecule has 0 unspecified atom stereocenters. The van der Waals surface area contributed by atoms with Crippen LogP contribution in [0.25, 0.3) is 0 Å². The van der Waals surface area contributed by atoms with E-state index in [1.165, 1.54) is 27.6 Å². The Balaban J connectivity index is 2.35. The second-order valence-electron chi connectivity index (χ2n) is 4.44. The van der Waals surface area contributed by atoms with Crippen LogP contribution in [0.1, 0.15) is 16.7 Å². The molecule has 0 aliphatic carbocycles. The van der Waals surface area contributed by atoms with Crippen LogP contribution in [0.3, 0.4) is 0 Å². The summed E-state index contributed by atoms with van der Waals surface area (Å²) in [5.41, 5.74) is 6.81. The van der Waals surface area contributed by atoms with E-state index >= 15 is 0 Å². The van der Waals surface area contributed by atoms with Gasteiger partial charge in [0.15, 0.2) is 7.28 Å². The van der Waals surface area contributed by atoms with Gasteiger partial charge in [0.1, 0.15) is 0 Å². The number of benzene rings is 2. The van der Waals surface area contributed by atoms with Gasteiger partial charge in [-0.25, -0.2) is 0 Å². The van der Waals surface area contributed by atoms with Crippen LogP contribution in [-0.4, -0.2) is 7.28 Å². The van der Waals surface area contributed by atoms with Crippen molar-refractivity contribution in [1.29, 1.82) is 0 Å². The van der Waals surface area contributed by atoms with Gasteiger partial charge in [-0.05, 0) is 26.8 Å². The molecule has 2 aromatic rings. The average molecular weight is 207 g/mol. The molecular weight excluding hydrogens is 191 g/mol. The molecule has 0 saturated heterocycles. The molecule has 0 aliphatic rings. The maximum atomic E-state index is 3.29. The van der Waals surface area contributed by atoms with Crippen molar-refractivity contribution in [2.45, 2.75) is 20.8 Å². The summed E-state index contributed by atoms with van der Waals surface area (Å²) in [5.74, 6) is 0. The molecule has 0 saturated carbocycles. The van der Waals surface area contributed by atoms with Gasteiger partial charge in [-0.2, -0.15) is 0 Å². The van der Waals surface area contributed by atoms with Gasteiger partial charge in [0, 0.05) is 0 Å².